The lowest BCUT2D eigenvalue weighted by Gasteiger charge is -2.19. The Hall–Kier alpha value is -4.42. The van der Waals surface area contributed by atoms with Crippen LogP contribution >= 0.6 is 0 Å². The fourth-order valence-corrected chi connectivity index (χ4v) is 4.84. The number of carbonyl (C=O) groups is 4. The molecule has 1 atom stereocenters. The van der Waals surface area contributed by atoms with Crippen molar-refractivity contribution in [1.29, 1.82) is 0 Å². The van der Waals surface area contributed by atoms with Gasteiger partial charge in [-0.15, -0.1) is 0 Å². The van der Waals surface area contributed by atoms with Crippen molar-refractivity contribution >= 4 is 29.7 Å². The third-order valence-electron chi connectivity index (χ3n) is 7.07. The third-order valence-corrected chi connectivity index (χ3v) is 7.07. The number of fused-ring (bicyclic) bond motifs is 1. The largest absolute Gasteiger partial charge is 0.496 e. The molecule has 1 saturated heterocycles. The summed E-state index contributed by atoms with van der Waals surface area (Å²) in [6.45, 7) is 7.73. The summed E-state index contributed by atoms with van der Waals surface area (Å²) >= 11 is 0. The summed E-state index contributed by atoms with van der Waals surface area (Å²) < 4.78 is 33.1. The van der Waals surface area contributed by atoms with Crippen molar-refractivity contribution in [1.82, 2.24) is 0 Å². The monoisotopic (exact) mass is 597 g/mol. The average molecular weight is 598 g/mol. The summed E-state index contributed by atoms with van der Waals surface area (Å²) in [5.74, 6) is -2.34. The van der Waals surface area contributed by atoms with Gasteiger partial charge in [0.05, 0.1) is 19.3 Å². The molecule has 1 amide bonds. The molecule has 43 heavy (non-hydrogen) atoms. The zero-order valence-electron chi connectivity index (χ0n) is 24.7. The van der Waals surface area contributed by atoms with Gasteiger partial charge in [0, 0.05) is 23.2 Å². The molecule has 2 aromatic rings. The van der Waals surface area contributed by atoms with Crippen LogP contribution in [0.15, 0.2) is 35.9 Å². The summed E-state index contributed by atoms with van der Waals surface area (Å²) in [5, 5.41) is 11.6. The van der Waals surface area contributed by atoms with E-state index in [1.807, 2.05) is 13.0 Å². The van der Waals surface area contributed by atoms with Crippen LogP contribution in [0.25, 0.3) is 0 Å². The first-order valence-electron chi connectivity index (χ1n) is 13.7. The molecular formula is C31H35NO11. The Morgan fingerprint density at radius 3 is 2.49 bits per heavy atom. The molecule has 0 aliphatic carbocycles. The second kappa shape index (κ2) is 13.3. The van der Waals surface area contributed by atoms with Gasteiger partial charge in [0.25, 0.3) is 0 Å². The number of rotatable bonds is 11. The van der Waals surface area contributed by atoms with Crippen molar-refractivity contribution in [3.05, 3.63) is 63.7 Å². The maximum Gasteiger partial charge on any atom is 0.417 e. The number of anilines is 1. The van der Waals surface area contributed by atoms with E-state index < -0.39 is 23.8 Å². The van der Waals surface area contributed by atoms with Gasteiger partial charge < -0.3 is 33.5 Å². The molecule has 4 rings (SSSR count). The predicted molar refractivity (Wildman–Crippen MR) is 152 cm³/mol. The molecule has 230 valence electrons. The van der Waals surface area contributed by atoms with Crippen molar-refractivity contribution in [2.24, 2.45) is 0 Å². The first-order chi connectivity index (χ1) is 20.4. The van der Waals surface area contributed by atoms with Crippen LogP contribution < -0.4 is 14.8 Å². The van der Waals surface area contributed by atoms with Crippen LogP contribution in [0.5, 0.6) is 11.5 Å². The maximum absolute atomic E-state index is 12.9. The van der Waals surface area contributed by atoms with E-state index in [4.69, 9.17) is 33.5 Å². The second-order valence-electron chi connectivity index (χ2n) is 10.7. The summed E-state index contributed by atoms with van der Waals surface area (Å²) in [4.78, 5) is 49.1. The number of carboxylic acid groups (broad SMARTS) is 1. The smallest absolute Gasteiger partial charge is 0.417 e. The summed E-state index contributed by atoms with van der Waals surface area (Å²) in [6.07, 6.45) is 1.47. The molecule has 0 aromatic heterocycles. The van der Waals surface area contributed by atoms with Gasteiger partial charge in [-0.2, -0.15) is 0 Å². The number of carbonyl (C=O) groups excluding carboxylic acids is 3. The highest BCUT2D eigenvalue weighted by Gasteiger charge is 2.35. The van der Waals surface area contributed by atoms with Crippen molar-refractivity contribution in [2.75, 3.05) is 25.6 Å². The van der Waals surface area contributed by atoms with Gasteiger partial charge in [-0.05, 0) is 70.4 Å². The highest BCUT2D eigenvalue weighted by molar-refractivity contribution is 6.00. The molecule has 1 fully saturated rings. The Morgan fingerprint density at radius 2 is 1.86 bits per heavy atom. The lowest BCUT2D eigenvalue weighted by molar-refractivity contribution is -0.158. The number of aromatic carboxylic acids is 1. The minimum absolute atomic E-state index is 0.00442. The first kappa shape index (κ1) is 31.5. The van der Waals surface area contributed by atoms with Crippen LogP contribution in [0.2, 0.25) is 0 Å². The Labute approximate surface area is 248 Å². The lowest BCUT2D eigenvalue weighted by atomic mass is 9.94. The molecule has 0 saturated carbocycles. The van der Waals surface area contributed by atoms with Gasteiger partial charge in [-0.1, -0.05) is 11.6 Å². The van der Waals surface area contributed by atoms with Gasteiger partial charge in [0.1, 0.15) is 30.6 Å². The standard InChI is InChI=1S/C31H35NO11/c1-17(7-13-24(33)39-14-21-15-41-31(3,4)43-21)6-12-22-26(38-5)18(2)23-16-40-29(36)25(23)27(22)42-30(37)32-20-10-8-19(9-11-20)28(34)35/h6,8-11,21H,7,12-16H2,1-5H3,(H,32,37)(H,34,35)/b17-6+. The van der Waals surface area contributed by atoms with Crippen LogP contribution in [0.3, 0.4) is 0 Å². The quantitative estimate of drug-likeness (QED) is 0.267. The predicted octanol–water partition coefficient (Wildman–Crippen LogP) is 4.95. The molecular weight excluding hydrogens is 562 g/mol. The number of ether oxygens (including phenoxy) is 6. The number of amides is 1. The number of cyclic esters (lactones) is 1. The molecule has 0 bridgehead atoms. The average Bonchev–Trinajstić information content (AvgIpc) is 3.52. The number of benzene rings is 2. The molecule has 2 heterocycles. The zero-order chi connectivity index (χ0) is 31.3. The number of carboxylic acids is 1. The van der Waals surface area contributed by atoms with Crippen molar-refractivity contribution in [3.63, 3.8) is 0 Å². The highest BCUT2D eigenvalue weighted by Crippen LogP contribution is 2.43. The van der Waals surface area contributed by atoms with Crippen LogP contribution in [0, 0.1) is 6.92 Å². The molecule has 2 N–H and O–H groups in total. The van der Waals surface area contributed by atoms with Crippen LogP contribution in [-0.2, 0) is 36.8 Å². The van der Waals surface area contributed by atoms with Gasteiger partial charge in [0.2, 0.25) is 0 Å². The number of hydrogen-bond acceptors (Lipinski definition) is 10. The highest BCUT2D eigenvalue weighted by atomic mass is 16.7. The molecule has 0 radical (unpaired) electrons. The van der Waals surface area contributed by atoms with E-state index in [1.165, 1.54) is 31.4 Å². The summed E-state index contributed by atoms with van der Waals surface area (Å²) in [6, 6.07) is 5.53. The second-order valence-corrected chi connectivity index (χ2v) is 10.7. The number of allylic oxidation sites excluding steroid dienone is 2. The van der Waals surface area contributed by atoms with Gasteiger partial charge in [-0.3, -0.25) is 10.1 Å². The van der Waals surface area contributed by atoms with E-state index in [-0.39, 0.29) is 55.0 Å². The number of nitrogens with one attached hydrogen (secondary N) is 1. The van der Waals surface area contributed by atoms with Crippen molar-refractivity contribution in [2.45, 2.75) is 65.5 Å². The molecule has 2 aliphatic rings. The number of esters is 2. The molecule has 1 unspecified atom stereocenters. The maximum atomic E-state index is 12.9. The Bertz CT molecular complexity index is 1440. The minimum atomic E-state index is -1.10. The molecule has 2 aromatic carbocycles. The summed E-state index contributed by atoms with van der Waals surface area (Å²) in [5.41, 5.74) is 3.07. The zero-order valence-corrected chi connectivity index (χ0v) is 24.7. The van der Waals surface area contributed by atoms with E-state index in [0.717, 1.165) is 5.57 Å². The van der Waals surface area contributed by atoms with Crippen LogP contribution in [0.1, 0.15) is 71.0 Å². The fraction of sp³-hybridized carbons (Fsp3) is 0.419. The third kappa shape index (κ3) is 7.70. The lowest BCUT2D eigenvalue weighted by Crippen LogP contribution is -2.25. The van der Waals surface area contributed by atoms with Crippen molar-refractivity contribution in [3.8, 4) is 11.5 Å². The normalized spacial score (nSPS) is 17.2. The van der Waals surface area contributed by atoms with E-state index in [0.29, 0.717) is 41.2 Å². The van der Waals surface area contributed by atoms with E-state index in [9.17, 15) is 19.2 Å². The van der Waals surface area contributed by atoms with Crippen molar-refractivity contribution < 1.29 is 52.7 Å². The number of hydrogen-bond donors (Lipinski definition) is 2. The van der Waals surface area contributed by atoms with Crippen LogP contribution in [-0.4, -0.2) is 61.3 Å². The molecule has 12 heteroatoms. The number of methoxy groups -OCH3 is 1. The van der Waals surface area contributed by atoms with E-state index in [2.05, 4.69) is 5.32 Å². The molecule has 0 spiro atoms. The van der Waals surface area contributed by atoms with Crippen LogP contribution in [0.4, 0.5) is 10.5 Å². The van der Waals surface area contributed by atoms with Gasteiger partial charge in [-0.25, -0.2) is 14.4 Å². The Balaban J connectivity index is 1.48. The topological polar surface area (TPSA) is 156 Å². The van der Waals surface area contributed by atoms with Gasteiger partial charge >= 0.3 is 24.0 Å². The Kier molecular flexibility index (Phi) is 9.72. The SMILES string of the molecule is COc1c(C)c2c(c(OC(=O)Nc3ccc(C(=O)O)cc3)c1C/C=C(\C)CCC(=O)OCC1COC(C)(C)O1)C(=O)OC2. The van der Waals surface area contributed by atoms with Gasteiger partial charge in [0.15, 0.2) is 11.5 Å². The first-order valence-corrected chi connectivity index (χ1v) is 13.7. The van der Waals surface area contributed by atoms with E-state index in [1.54, 1.807) is 20.8 Å². The Morgan fingerprint density at radius 1 is 1.14 bits per heavy atom. The minimum Gasteiger partial charge on any atom is -0.496 e. The summed E-state index contributed by atoms with van der Waals surface area (Å²) in [7, 11) is 1.48. The van der Waals surface area contributed by atoms with E-state index >= 15 is 0 Å². The molecule has 12 nitrogen and oxygen atoms in total. The fourth-order valence-electron chi connectivity index (χ4n) is 4.84. The molecule has 2 aliphatic heterocycles.